The fourth-order valence-electron chi connectivity index (χ4n) is 3.22. The SMILES string of the molecule is c1cn2ccnc2c(N2CCN(c3ncnc4sccc34)CC2)n1. The Bertz CT molecular complexity index is 918. The van der Waals surface area contributed by atoms with Gasteiger partial charge in [-0.1, -0.05) is 0 Å². The lowest BCUT2D eigenvalue weighted by Crippen LogP contribution is -2.47. The Kier molecular flexibility index (Phi) is 3.08. The summed E-state index contributed by atoms with van der Waals surface area (Å²) in [5.41, 5.74) is 0.910. The molecule has 0 atom stereocenters. The largest absolute Gasteiger partial charge is 0.352 e. The molecule has 5 heterocycles. The molecule has 0 aliphatic carbocycles. The number of nitrogens with zero attached hydrogens (tertiary/aromatic N) is 7. The maximum Gasteiger partial charge on any atom is 0.180 e. The molecule has 4 aromatic heterocycles. The van der Waals surface area contributed by atoms with E-state index in [4.69, 9.17) is 0 Å². The predicted molar refractivity (Wildman–Crippen MR) is 94.8 cm³/mol. The van der Waals surface area contributed by atoms with Crippen molar-refractivity contribution in [1.82, 2.24) is 24.3 Å². The molecule has 0 spiro atoms. The third kappa shape index (κ3) is 2.10. The molecule has 0 N–H and O–H groups in total. The second-order valence-corrected chi connectivity index (χ2v) is 6.61. The lowest BCUT2D eigenvalue weighted by Gasteiger charge is -2.36. The standard InChI is InChI=1S/C16H15N7S/c1-10-24-16-12(1)13(19-11-20-16)22-6-8-23(9-7-22)15-14-17-2-4-21(14)5-3-18-15/h1-5,10-11H,6-9H2. The summed E-state index contributed by atoms with van der Waals surface area (Å²) in [6.07, 6.45) is 9.18. The molecule has 0 radical (unpaired) electrons. The van der Waals surface area contributed by atoms with Crippen molar-refractivity contribution in [2.45, 2.75) is 0 Å². The first-order chi connectivity index (χ1) is 11.9. The predicted octanol–water partition coefficient (Wildman–Crippen LogP) is 2.06. The van der Waals surface area contributed by atoms with Gasteiger partial charge in [0.2, 0.25) is 0 Å². The van der Waals surface area contributed by atoms with Crippen molar-refractivity contribution in [3.8, 4) is 0 Å². The minimum Gasteiger partial charge on any atom is -0.352 e. The summed E-state index contributed by atoms with van der Waals surface area (Å²) >= 11 is 1.66. The van der Waals surface area contributed by atoms with Crippen molar-refractivity contribution in [2.24, 2.45) is 0 Å². The van der Waals surface area contributed by atoms with E-state index in [0.29, 0.717) is 0 Å². The fourth-order valence-corrected chi connectivity index (χ4v) is 3.95. The van der Waals surface area contributed by atoms with Gasteiger partial charge in [-0.3, -0.25) is 0 Å². The van der Waals surface area contributed by atoms with Gasteiger partial charge >= 0.3 is 0 Å². The minimum absolute atomic E-state index is 0.898. The van der Waals surface area contributed by atoms with Gasteiger partial charge in [-0.25, -0.2) is 19.9 Å². The lowest BCUT2D eigenvalue weighted by molar-refractivity contribution is 0.643. The van der Waals surface area contributed by atoms with Gasteiger partial charge in [-0.15, -0.1) is 11.3 Å². The van der Waals surface area contributed by atoms with Crippen molar-refractivity contribution in [3.63, 3.8) is 0 Å². The molecule has 7 nitrogen and oxygen atoms in total. The second kappa shape index (κ2) is 5.41. The van der Waals surface area contributed by atoms with E-state index < -0.39 is 0 Å². The van der Waals surface area contributed by atoms with Gasteiger partial charge in [0.1, 0.15) is 17.0 Å². The molecule has 8 heteroatoms. The zero-order valence-electron chi connectivity index (χ0n) is 12.9. The Balaban J connectivity index is 1.41. The zero-order valence-corrected chi connectivity index (χ0v) is 13.7. The van der Waals surface area contributed by atoms with E-state index in [1.165, 1.54) is 0 Å². The van der Waals surface area contributed by atoms with Crippen molar-refractivity contribution < 1.29 is 0 Å². The highest BCUT2D eigenvalue weighted by atomic mass is 32.1. The van der Waals surface area contributed by atoms with E-state index >= 15 is 0 Å². The Morgan fingerprint density at radius 1 is 0.833 bits per heavy atom. The second-order valence-electron chi connectivity index (χ2n) is 5.72. The Morgan fingerprint density at radius 3 is 2.42 bits per heavy atom. The summed E-state index contributed by atoms with van der Waals surface area (Å²) in [6, 6.07) is 2.11. The van der Waals surface area contributed by atoms with Crippen molar-refractivity contribution in [2.75, 3.05) is 36.0 Å². The number of hydrogen-bond donors (Lipinski definition) is 0. The molecule has 120 valence electrons. The van der Waals surface area contributed by atoms with Crippen LogP contribution in [-0.2, 0) is 0 Å². The van der Waals surface area contributed by atoms with E-state index in [9.17, 15) is 0 Å². The number of imidazole rings is 1. The molecule has 1 fully saturated rings. The van der Waals surface area contributed by atoms with E-state index in [1.54, 1.807) is 17.7 Å². The summed E-state index contributed by atoms with van der Waals surface area (Å²) in [7, 11) is 0. The van der Waals surface area contributed by atoms with Crippen LogP contribution in [0.3, 0.4) is 0 Å². The van der Waals surface area contributed by atoms with E-state index in [2.05, 4.69) is 41.2 Å². The number of thiophene rings is 1. The third-order valence-electron chi connectivity index (χ3n) is 4.41. The molecule has 24 heavy (non-hydrogen) atoms. The van der Waals surface area contributed by atoms with Crippen LogP contribution in [0.15, 0.2) is 42.6 Å². The number of rotatable bonds is 2. The first-order valence-electron chi connectivity index (χ1n) is 7.86. The zero-order chi connectivity index (χ0) is 15.9. The molecular formula is C16H15N7S. The molecule has 0 unspecified atom stereocenters. The maximum absolute atomic E-state index is 4.54. The highest BCUT2D eigenvalue weighted by Crippen LogP contribution is 2.28. The van der Waals surface area contributed by atoms with Crippen LogP contribution in [0.5, 0.6) is 0 Å². The molecule has 0 aromatic carbocycles. The van der Waals surface area contributed by atoms with Crippen LogP contribution in [0.4, 0.5) is 11.6 Å². The van der Waals surface area contributed by atoms with E-state index in [0.717, 1.165) is 53.7 Å². The topological polar surface area (TPSA) is 62.5 Å². The van der Waals surface area contributed by atoms with Crippen LogP contribution in [0, 0.1) is 0 Å². The summed E-state index contributed by atoms with van der Waals surface area (Å²) < 4.78 is 2.01. The van der Waals surface area contributed by atoms with Crippen molar-refractivity contribution in [1.29, 1.82) is 0 Å². The molecule has 0 saturated carbocycles. The Hall–Kier alpha value is -2.74. The summed E-state index contributed by atoms with van der Waals surface area (Å²) in [5, 5.41) is 3.21. The number of hydrogen-bond acceptors (Lipinski definition) is 7. The van der Waals surface area contributed by atoms with Crippen molar-refractivity contribution in [3.05, 3.63) is 42.6 Å². The van der Waals surface area contributed by atoms with Crippen LogP contribution in [0.1, 0.15) is 0 Å². The number of aromatic nitrogens is 5. The Morgan fingerprint density at radius 2 is 1.58 bits per heavy atom. The number of anilines is 2. The molecule has 1 aliphatic rings. The van der Waals surface area contributed by atoms with Crippen LogP contribution in [0.25, 0.3) is 15.9 Å². The van der Waals surface area contributed by atoms with Crippen LogP contribution < -0.4 is 9.80 Å². The normalized spacial score (nSPS) is 15.5. The van der Waals surface area contributed by atoms with Crippen LogP contribution in [-0.4, -0.2) is 50.5 Å². The van der Waals surface area contributed by atoms with E-state index in [1.807, 2.05) is 29.2 Å². The van der Waals surface area contributed by atoms with Gasteiger partial charge < -0.3 is 14.2 Å². The van der Waals surface area contributed by atoms with Gasteiger partial charge in [0.25, 0.3) is 0 Å². The fraction of sp³-hybridized carbons (Fsp3) is 0.250. The highest BCUT2D eigenvalue weighted by molar-refractivity contribution is 7.16. The molecule has 0 bridgehead atoms. The minimum atomic E-state index is 0.898. The van der Waals surface area contributed by atoms with Crippen LogP contribution in [0.2, 0.25) is 0 Å². The first-order valence-corrected chi connectivity index (χ1v) is 8.74. The van der Waals surface area contributed by atoms with Crippen molar-refractivity contribution >= 4 is 38.8 Å². The molecule has 1 saturated heterocycles. The summed E-state index contributed by atoms with van der Waals surface area (Å²) in [6.45, 7) is 3.61. The molecule has 0 amide bonds. The maximum atomic E-state index is 4.54. The van der Waals surface area contributed by atoms with Gasteiger partial charge in [-0.05, 0) is 11.4 Å². The van der Waals surface area contributed by atoms with E-state index in [-0.39, 0.29) is 0 Å². The molecule has 5 rings (SSSR count). The number of fused-ring (bicyclic) bond motifs is 2. The lowest BCUT2D eigenvalue weighted by atomic mass is 10.2. The van der Waals surface area contributed by atoms with Gasteiger partial charge in [0.15, 0.2) is 11.5 Å². The van der Waals surface area contributed by atoms with Crippen LogP contribution >= 0.6 is 11.3 Å². The summed E-state index contributed by atoms with van der Waals surface area (Å²) in [4.78, 5) is 23.5. The smallest absolute Gasteiger partial charge is 0.180 e. The Labute approximate surface area is 142 Å². The summed E-state index contributed by atoms with van der Waals surface area (Å²) in [5.74, 6) is 1.98. The quantitative estimate of drug-likeness (QED) is 0.558. The first kappa shape index (κ1) is 13.7. The monoisotopic (exact) mass is 337 g/mol. The third-order valence-corrected chi connectivity index (χ3v) is 5.23. The van der Waals surface area contributed by atoms with Gasteiger partial charge in [0.05, 0.1) is 5.39 Å². The molecular weight excluding hydrogens is 322 g/mol. The molecule has 1 aliphatic heterocycles. The van der Waals surface area contributed by atoms with Gasteiger partial charge in [0, 0.05) is 51.0 Å². The van der Waals surface area contributed by atoms with Gasteiger partial charge in [-0.2, -0.15) is 0 Å². The number of piperazine rings is 1. The average Bonchev–Trinajstić information content (AvgIpc) is 3.30. The highest BCUT2D eigenvalue weighted by Gasteiger charge is 2.22. The molecule has 4 aromatic rings. The average molecular weight is 337 g/mol.